The summed E-state index contributed by atoms with van der Waals surface area (Å²) in [6, 6.07) is 1.83. The summed E-state index contributed by atoms with van der Waals surface area (Å²) in [4.78, 5) is 24.5. The van der Waals surface area contributed by atoms with Gasteiger partial charge in [-0.15, -0.1) is 0 Å². The lowest BCUT2D eigenvalue weighted by Crippen LogP contribution is -2.36. The zero-order chi connectivity index (χ0) is 23.5. The van der Waals surface area contributed by atoms with Crippen LogP contribution in [0.2, 0.25) is 0 Å². The van der Waals surface area contributed by atoms with E-state index in [-0.39, 0.29) is 19.3 Å². The second-order valence-corrected chi connectivity index (χ2v) is 8.62. The third kappa shape index (κ3) is 15.3. The number of carboxylic acid groups (broad SMARTS) is 2. The summed E-state index contributed by atoms with van der Waals surface area (Å²) < 4.78 is 0. The molecule has 0 heterocycles. The van der Waals surface area contributed by atoms with Gasteiger partial charge in [0.05, 0.1) is 0 Å². The molecule has 0 atom stereocenters. The van der Waals surface area contributed by atoms with E-state index in [1.165, 1.54) is 90.4 Å². The number of hydrogen-bond donors (Lipinski definition) is 0. The van der Waals surface area contributed by atoms with Crippen LogP contribution in [0, 0.1) is 0 Å². The normalized spacial score (nSPS) is 17.5. The highest BCUT2D eigenvalue weighted by Gasteiger charge is 2.18. The van der Waals surface area contributed by atoms with Crippen LogP contribution in [0.3, 0.4) is 0 Å². The van der Waals surface area contributed by atoms with E-state index in [0.29, 0.717) is 0 Å². The lowest BCUT2D eigenvalue weighted by atomic mass is 9.94. The van der Waals surface area contributed by atoms with Crippen molar-refractivity contribution in [3.05, 3.63) is 0 Å². The highest BCUT2D eigenvalue weighted by molar-refractivity contribution is 5.67. The number of rotatable bonds is 10. The summed E-state index contributed by atoms with van der Waals surface area (Å²) >= 11 is 0. The second kappa shape index (κ2) is 19.5. The van der Waals surface area contributed by atoms with E-state index in [1.807, 2.05) is 0 Å². The Hall–Kier alpha value is -1.14. The lowest BCUT2D eigenvalue weighted by molar-refractivity contribution is -0.307. The molecule has 6 heteroatoms. The fourth-order valence-electron chi connectivity index (χ4n) is 4.75. The molecule has 184 valence electrons. The molecule has 0 aromatic carbocycles. The number of carbonyl (C=O) groups excluding carboxylic acids is 2. The predicted octanol–water partition coefficient (Wildman–Crippen LogP) is 2.98. The van der Waals surface area contributed by atoms with Gasteiger partial charge < -0.3 is 29.6 Å². The van der Waals surface area contributed by atoms with Gasteiger partial charge in [0.25, 0.3) is 0 Å². The van der Waals surface area contributed by atoms with Crippen LogP contribution in [-0.4, -0.2) is 60.0 Å². The number of hydrogen-bond acceptors (Lipinski definition) is 6. The molecule has 2 rings (SSSR count). The Bertz CT molecular complexity index is 399. The Labute approximate surface area is 191 Å². The van der Waals surface area contributed by atoms with Crippen LogP contribution < -0.4 is 10.2 Å². The third-order valence-electron chi connectivity index (χ3n) is 6.57. The molecule has 2 fully saturated rings. The Morgan fingerprint density at radius 1 is 0.613 bits per heavy atom. The minimum atomic E-state index is -1.23. The molecule has 0 bridgehead atoms. The minimum Gasteiger partial charge on any atom is -0.550 e. The molecule has 0 aliphatic heterocycles. The maximum atomic E-state index is 9.66. The van der Waals surface area contributed by atoms with Gasteiger partial charge in [-0.25, -0.2) is 0 Å². The molecular formula is C25H48N2O4-2. The average molecular weight is 441 g/mol. The summed E-state index contributed by atoms with van der Waals surface area (Å²) in [7, 11) is 0. The maximum absolute atomic E-state index is 9.66. The van der Waals surface area contributed by atoms with Gasteiger partial charge in [-0.1, -0.05) is 66.2 Å². The number of aliphatic carboxylic acids is 2. The van der Waals surface area contributed by atoms with Crippen LogP contribution in [0.5, 0.6) is 0 Å². The summed E-state index contributed by atoms with van der Waals surface area (Å²) in [5.74, 6) is -2.45. The standard InChI is InChI=1S/2C10H21N.C5H8O4/c2*1-3-11(4-2)10-8-6-5-7-9-10;6-4(7)2-1-3-5(8)9/h2*10H,3-9H2,1-2H3;1-3H2,(H,6,7)(H,8,9)/p-2. The molecule has 2 aliphatic rings. The molecule has 0 amide bonds. The third-order valence-corrected chi connectivity index (χ3v) is 6.57. The first-order valence-electron chi connectivity index (χ1n) is 12.8. The van der Waals surface area contributed by atoms with E-state index >= 15 is 0 Å². The first-order chi connectivity index (χ1) is 14.9. The quantitative estimate of drug-likeness (QED) is 0.519. The van der Waals surface area contributed by atoms with Gasteiger partial charge >= 0.3 is 0 Å². The van der Waals surface area contributed by atoms with E-state index in [0.717, 1.165) is 12.1 Å². The van der Waals surface area contributed by atoms with Crippen molar-refractivity contribution in [2.24, 2.45) is 0 Å². The zero-order valence-corrected chi connectivity index (χ0v) is 20.7. The van der Waals surface area contributed by atoms with Crippen molar-refractivity contribution >= 4 is 11.9 Å². The van der Waals surface area contributed by atoms with Crippen molar-refractivity contribution in [1.82, 2.24) is 9.80 Å². The molecule has 0 aromatic heterocycles. The van der Waals surface area contributed by atoms with Crippen molar-refractivity contribution in [3.63, 3.8) is 0 Å². The van der Waals surface area contributed by atoms with Crippen LogP contribution in [0.25, 0.3) is 0 Å². The number of carbonyl (C=O) groups is 2. The number of carboxylic acids is 2. The summed E-state index contributed by atoms with van der Waals surface area (Å²) in [5, 5.41) is 19.3. The molecule has 0 radical (unpaired) electrons. The monoisotopic (exact) mass is 440 g/mol. The smallest absolute Gasteiger partial charge is 0.0414 e. The summed E-state index contributed by atoms with van der Waals surface area (Å²) in [6.07, 6.45) is 14.2. The van der Waals surface area contributed by atoms with Gasteiger partial charge in [-0.05, 0) is 71.1 Å². The Morgan fingerprint density at radius 3 is 1.13 bits per heavy atom. The molecule has 2 saturated carbocycles. The maximum Gasteiger partial charge on any atom is 0.0414 e. The van der Waals surface area contributed by atoms with E-state index in [1.54, 1.807) is 0 Å². The van der Waals surface area contributed by atoms with Gasteiger partial charge in [-0.3, -0.25) is 0 Å². The fraction of sp³-hybridized carbons (Fsp3) is 0.920. The van der Waals surface area contributed by atoms with Gasteiger partial charge in [0, 0.05) is 24.0 Å². The number of nitrogens with zero attached hydrogens (tertiary/aromatic N) is 2. The summed E-state index contributed by atoms with van der Waals surface area (Å²) in [6.45, 7) is 14.1. The van der Waals surface area contributed by atoms with Crippen LogP contribution in [0.4, 0.5) is 0 Å². The highest BCUT2D eigenvalue weighted by atomic mass is 16.4. The topological polar surface area (TPSA) is 86.7 Å². The molecule has 2 aliphatic carbocycles. The van der Waals surface area contributed by atoms with Crippen molar-refractivity contribution in [1.29, 1.82) is 0 Å². The van der Waals surface area contributed by atoms with Crippen LogP contribution in [-0.2, 0) is 9.59 Å². The Morgan fingerprint density at radius 2 is 0.903 bits per heavy atom. The van der Waals surface area contributed by atoms with Gasteiger partial charge in [-0.2, -0.15) is 0 Å². The molecule has 0 saturated heterocycles. The SMILES string of the molecule is CCN(CC)C1CCCCC1.CCN(CC)C1CCCCC1.O=C([O-])CCCC(=O)[O-]. The largest absolute Gasteiger partial charge is 0.550 e. The second-order valence-electron chi connectivity index (χ2n) is 8.62. The first-order valence-corrected chi connectivity index (χ1v) is 12.8. The van der Waals surface area contributed by atoms with Crippen molar-refractivity contribution in [3.8, 4) is 0 Å². The molecule has 6 nitrogen and oxygen atoms in total. The Balaban J connectivity index is 0.000000439. The molecule has 0 unspecified atom stereocenters. The van der Waals surface area contributed by atoms with Crippen LogP contribution in [0.1, 0.15) is 111 Å². The van der Waals surface area contributed by atoms with Crippen LogP contribution in [0.15, 0.2) is 0 Å². The predicted molar refractivity (Wildman–Crippen MR) is 123 cm³/mol. The van der Waals surface area contributed by atoms with Crippen LogP contribution >= 0.6 is 0 Å². The van der Waals surface area contributed by atoms with E-state index in [9.17, 15) is 19.8 Å². The van der Waals surface area contributed by atoms with Gasteiger partial charge in [0.2, 0.25) is 0 Å². The van der Waals surface area contributed by atoms with E-state index in [2.05, 4.69) is 37.5 Å². The first kappa shape index (κ1) is 29.9. The van der Waals surface area contributed by atoms with E-state index < -0.39 is 11.9 Å². The lowest BCUT2D eigenvalue weighted by Gasteiger charge is -2.32. The van der Waals surface area contributed by atoms with Gasteiger partial charge in [0.15, 0.2) is 0 Å². The Kier molecular flexibility index (Phi) is 18.8. The van der Waals surface area contributed by atoms with Crippen molar-refractivity contribution in [2.75, 3.05) is 26.2 Å². The molecule has 0 aromatic rings. The average Bonchev–Trinajstić information content (AvgIpc) is 2.77. The zero-order valence-electron chi connectivity index (χ0n) is 20.7. The molecular weight excluding hydrogens is 392 g/mol. The van der Waals surface area contributed by atoms with Crippen molar-refractivity contribution in [2.45, 2.75) is 123 Å². The fourth-order valence-corrected chi connectivity index (χ4v) is 4.75. The molecule has 0 spiro atoms. The van der Waals surface area contributed by atoms with E-state index in [4.69, 9.17) is 0 Å². The summed E-state index contributed by atoms with van der Waals surface area (Å²) in [5.41, 5.74) is 0. The molecule has 31 heavy (non-hydrogen) atoms. The van der Waals surface area contributed by atoms with Crippen molar-refractivity contribution < 1.29 is 19.8 Å². The van der Waals surface area contributed by atoms with Gasteiger partial charge in [0.1, 0.15) is 0 Å². The molecule has 0 N–H and O–H groups in total. The highest BCUT2D eigenvalue weighted by Crippen LogP contribution is 2.22. The minimum absolute atomic E-state index is 0.0880.